The van der Waals surface area contributed by atoms with Gasteiger partial charge in [0.1, 0.15) is 0 Å². The third kappa shape index (κ3) is 4.58. The summed E-state index contributed by atoms with van der Waals surface area (Å²) in [4.78, 5) is 0. The molecule has 0 saturated heterocycles. The van der Waals surface area contributed by atoms with Crippen LogP contribution in [0.5, 0.6) is 0 Å². The molecule has 21 heavy (non-hydrogen) atoms. The fourth-order valence-corrected chi connectivity index (χ4v) is 2.59. The number of nitrogens with zero attached hydrogens (tertiary/aromatic N) is 1. The quantitative estimate of drug-likeness (QED) is 0.788. The fourth-order valence-electron chi connectivity index (χ4n) is 2.59. The number of para-hydroxylation sites is 1. The normalized spacial score (nSPS) is 12.2. The summed E-state index contributed by atoms with van der Waals surface area (Å²) in [5.74, 6) is 0. The van der Waals surface area contributed by atoms with Crippen LogP contribution in [0.4, 0.5) is 0 Å². The van der Waals surface area contributed by atoms with Gasteiger partial charge in [-0.1, -0.05) is 18.2 Å². The lowest BCUT2D eigenvalue weighted by molar-refractivity contribution is 0.140. The number of hydrogen-bond donors (Lipinski definition) is 1. The van der Waals surface area contributed by atoms with Crippen LogP contribution in [0, 0.1) is 0 Å². The molecule has 0 fully saturated rings. The van der Waals surface area contributed by atoms with Crippen LogP contribution in [-0.4, -0.2) is 29.9 Å². The molecule has 0 bridgehead atoms. The Kier molecular flexibility index (Phi) is 5.43. The molecular weight excluding hydrogens is 260 g/mol. The molecular formula is C18H28N2O. The maximum absolute atomic E-state index is 5.49. The highest BCUT2D eigenvalue weighted by Crippen LogP contribution is 2.21. The van der Waals surface area contributed by atoms with Crippen LogP contribution in [-0.2, 0) is 17.7 Å². The van der Waals surface area contributed by atoms with Gasteiger partial charge in [0.2, 0.25) is 0 Å². The van der Waals surface area contributed by atoms with Gasteiger partial charge in [0, 0.05) is 35.8 Å². The summed E-state index contributed by atoms with van der Waals surface area (Å²) < 4.78 is 7.81. The first-order chi connectivity index (χ1) is 10.0. The van der Waals surface area contributed by atoms with Crippen molar-refractivity contribution in [1.82, 2.24) is 9.88 Å². The third-order valence-corrected chi connectivity index (χ3v) is 3.60. The predicted octanol–water partition coefficient (Wildman–Crippen LogP) is 3.61. The average Bonchev–Trinajstić information content (AvgIpc) is 2.77. The van der Waals surface area contributed by atoms with E-state index in [0.717, 1.165) is 32.7 Å². The molecule has 1 heterocycles. The third-order valence-electron chi connectivity index (χ3n) is 3.60. The summed E-state index contributed by atoms with van der Waals surface area (Å²) in [6.45, 7) is 12.1. The molecule has 0 spiro atoms. The number of rotatable bonds is 7. The minimum Gasteiger partial charge on any atom is -0.380 e. The Morgan fingerprint density at radius 3 is 2.67 bits per heavy atom. The molecule has 1 N–H and O–H groups in total. The van der Waals surface area contributed by atoms with E-state index < -0.39 is 0 Å². The van der Waals surface area contributed by atoms with Crippen molar-refractivity contribution in [3.05, 3.63) is 36.0 Å². The van der Waals surface area contributed by atoms with Crippen molar-refractivity contribution in [2.45, 2.75) is 46.2 Å². The number of ether oxygens (including phenoxy) is 1. The second-order valence-electron chi connectivity index (χ2n) is 6.49. The first kappa shape index (κ1) is 16.1. The van der Waals surface area contributed by atoms with Crippen LogP contribution in [0.2, 0.25) is 0 Å². The maximum Gasteiger partial charge on any atom is 0.0645 e. The fraction of sp³-hybridized carbons (Fsp3) is 0.556. The summed E-state index contributed by atoms with van der Waals surface area (Å²) in [5, 5.41) is 4.93. The van der Waals surface area contributed by atoms with E-state index >= 15 is 0 Å². The van der Waals surface area contributed by atoms with Gasteiger partial charge in [-0.2, -0.15) is 0 Å². The van der Waals surface area contributed by atoms with Crippen molar-refractivity contribution in [2.24, 2.45) is 0 Å². The minimum absolute atomic E-state index is 0.174. The zero-order valence-electron chi connectivity index (χ0n) is 13.8. The summed E-state index contributed by atoms with van der Waals surface area (Å²) in [7, 11) is 0. The molecule has 116 valence electrons. The van der Waals surface area contributed by atoms with Gasteiger partial charge in [-0.15, -0.1) is 0 Å². The molecule has 0 aliphatic rings. The first-order valence-corrected chi connectivity index (χ1v) is 7.91. The SMILES string of the molecule is CCOCCn1cc(CCNC(C)(C)C)c2ccccc21. The molecule has 2 rings (SSSR count). The second kappa shape index (κ2) is 7.10. The Labute approximate surface area is 128 Å². The molecule has 1 aromatic heterocycles. The zero-order chi connectivity index (χ0) is 15.3. The molecule has 0 amide bonds. The van der Waals surface area contributed by atoms with Gasteiger partial charge in [-0.05, 0) is 52.3 Å². The molecule has 0 unspecified atom stereocenters. The number of aromatic nitrogens is 1. The Balaban J connectivity index is 2.11. The summed E-state index contributed by atoms with van der Waals surface area (Å²) in [6, 6.07) is 8.65. The summed E-state index contributed by atoms with van der Waals surface area (Å²) >= 11 is 0. The van der Waals surface area contributed by atoms with E-state index in [0.29, 0.717) is 0 Å². The number of fused-ring (bicyclic) bond motifs is 1. The smallest absolute Gasteiger partial charge is 0.0645 e. The second-order valence-corrected chi connectivity index (χ2v) is 6.49. The number of hydrogen-bond acceptors (Lipinski definition) is 2. The van der Waals surface area contributed by atoms with E-state index in [4.69, 9.17) is 4.74 Å². The highest BCUT2D eigenvalue weighted by Gasteiger charge is 2.11. The van der Waals surface area contributed by atoms with E-state index in [1.54, 1.807) is 0 Å². The Bertz CT molecular complexity index is 566. The van der Waals surface area contributed by atoms with Crippen LogP contribution in [0.1, 0.15) is 33.3 Å². The lowest BCUT2D eigenvalue weighted by atomic mass is 10.1. The molecule has 0 aliphatic carbocycles. The van der Waals surface area contributed by atoms with E-state index in [1.807, 2.05) is 6.92 Å². The van der Waals surface area contributed by atoms with Crippen molar-refractivity contribution in [3.8, 4) is 0 Å². The van der Waals surface area contributed by atoms with E-state index in [-0.39, 0.29) is 5.54 Å². The Hall–Kier alpha value is -1.32. The van der Waals surface area contributed by atoms with E-state index in [1.165, 1.54) is 16.5 Å². The summed E-state index contributed by atoms with van der Waals surface area (Å²) in [6.07, 6.45) is 3.34. The van der Waals surface area contributed by atoms with Crippen molar-refractivity contribution in [2.75, 3.05) is 19.8 Å². The van der Waals surface area contributed by atoms with Crippen LogP contribution in [0.25, 0.3) is 10.9 Å². The van der Waals surface area contributed by atoms with Gasteiger partial charge in [0.15, 0.2) is 0 Å². The molecule has 0 aliphatic heterocycles. The maximum atomic E-state index is 5.49. The number of nitrogens with one attached hydrogen (secondary N) is 1. The molecule has 1 aromatic carbocycles. The van der Waals surface area contributed by atoms with Gasteiger partial charge in [0.25, 0.3) is 0 Å². The van der Waals surface area contributed by atoms with E-state index in [9.17, 15) is 0 Å². The highest BCUT2D eigenvalue weighted by atomic mass is 16.5. The lowest BCUT2D eigenvalue weighted by Crippen LogP contribution is -2.37. The number of benzene rings is 1. The molecule has 0 atom stereocenters. The van der Waals surface area contributed by atoms with Crippen LogP contribution >= 0.6 is 0 Å². The predicted molar refractivity (Wildman–Crippen MR) is 89.9 cm³/mol. The average molecular weight is 288 g/mol. The Morgan fingerprint density at radius 1 is 1.19 bits per heavy atom. The van der Waals surface area contributed by atoms with Crippen molar-refractivity contribution in [3.63, 3.8) is 0 Å². The molecule has 0 radical (unpaired) electrons. The zero-order valence-corrected chi connectivity index (χ0v) is 13.8. The van der Waals surface area contributed by atoms with Crippen molar-refractivity contribution < 1.29 is 4.74 Å². The lowest BCUT2D eigenvalue weighted by Gasteiger charge is -2.20. The summed E-state index contributed by atoms with van der Waals surface area (Å²) in [5.41, 5.74) is 2.90. The van der Waals surface area contributed by atoms with Gasteiger partial charge >= 0.3 is 0 Å². The van der Waals surface area contributed by atoms with Gasteiger partial charge < -0.3 is 14.6 Å². The molecule has 3 nitrogen and oxygen atoms in total. The van der Waals surface area contributed by atoms with Crippen LogP contribution in [0.15, 0.2) is 30.5 Å². The van der Waals surface area contributed by atoms with Crippen LogP contribution in [0.3, 0.4) is 0 Å². The van der Waals surface area contributed by atoms with E-state index in [2.05, 4.69) is 61.1 Å². The monoisotopic (exact) mass is 288 g/mol. The van der Waals surface area contributed by atoms with Gasteiger partial charge in [-0.3, -0.25) is 0 Å². The standard InChI is InChI=1S/C18H28N2O/c1-5-21-13-12-20-14-15(10-11-19-18(2,3)4)16-8-6-7-9-17(16)20/h6-9,14,19H,5,10-13H2,1-4H3. The first-order valence-electron chi connectivity index (χ1n) is 7.91. The largest absolute Gasteiger partial charge is 0.380 e. The minimum atomic E-state index is 0.174. The molecule has 3 heteroatoms. The van der Waals surface area contributed by atoms with Gasteiger partial charge in [0.05, 0.1) is 6.61 Å². The topological polar surface area (TPSA) is 26.2 Å². The van der Waals surface area contributed by atoms with Gasteiger partial charge in [-0.25, -0.2) is 0 Å². The van der Waals surface area contributed by atoms with Crippen molar-refractivity contribution in [1.29, 1.82) is 0 Å². The molecule has 0 saturated carbocycles. The Morgan fingerprint density at radius 2 is 1.95 bits per heavy atom. The highest BCUT2D eigenvalue weighted by molar-refractivity contribution is 5.84. The molecule has 2 aromatic rings. The van der Waals surface area contributed by atoms with Crippen molar-refractivity contribution >= 4 is 10.9 Å². The van der Waals surface area contributed by atoms with Crippen LogP contribution < -0.4 is 5.32 Å².